The van der Waals surface area contributed by atoms with Gasteiger partial charge in [0.2, 0.25) is 0 Å². The van der Waals surface area contributed by atoms with E-state index < -0.39 is 0 Å². The van der Waals surface area contributed by atoms with Gasteiger partial charge in [0.15, 0.2) is 5.96 Å². The lowest BCUT2D eigenvalue weighted by Crippen LogP contribution is -2.48. The van der Waals surface area contributed by atoms with Gasteiger partial charge in [0.25, 0.3) is 0 Å². The number of hydrogen-bond donors (Lipinski definition) is 2. The van der Waals surface area contributed by atoms with Crippen LogP contribution in [0.3, 0.4) is 0 Å². The number of nitrogens with zero attached hydrogens (tertiary/aromatic N) is 5. The maximum absolute atomic E-state index is 4.88. The summed E-state index contributed by atoms with van der Waals surface area (Å²) in [7, 11) is 0. The predicted molar refractivity (Wildman–Crippen MR) is 134 cm³/mol. The molecule has 7 nitrogen and oxygen atoms in total. The van der Waals surface area contributed by atoms with Crippen molar-refractivity contribution in [2.75, 3.05) is 52.4 Å². The van der Waals surface area contributed by atoms with Gasteiger partial charge in [0.05, 0.1) is 17.9 Å². The van der Waals surface area contributed by atoms with Crippen molar-refractivity contribution in [1.29, 1.82) is 0 Å². The maximum Gasteiger partial charge on any atom is 0.191 e. The summed E-state index contributed by atoms with van der Waals surface area (Å²) in [4.78, 5) is 10.00. The first kappa shape index (κ1) is 24.3. The summed E-state index contributed by atoms with van der Waals surface area (Å²) in [6, 6.07) is 10.5. The van der Waals surface area contributed by atoms with Crippen molar-refractivity contribution in [2.45, 2.75) is 41.2 Å². The standard InChI is InChI=1S/C25H41N7/c1-6-26-25(27-17-20(3)19-31-14-12-30(7-2)13-15-31)28-18-23-10-8-9-11-24(23)32-22(5)16-21(4)29-32/h8-11,16,20H,6-7,12-15,17-19H2,1-5H3,(H2,26,27,28). The summed E-state index contributed by atoms with van der Waals surface area (Å²) in [5, 5.41) is 11.6. The Morgan fingerprint density at radius 3 is 2.44 bits per heavy atom. The van der Waals surface area contributed by atoms with Crippen molar-refractivity contribution >= 4 is 5.96 Å². The van der Waals surface area contributed by atoms with Crippen molar-refractivity contribution in [3.05, 3.63) is 47.3 Å². The number of likely N-dealkylation sites (N-methyl/N-ethyl adjacent to an activating group) is 1. The van der Waals surface area contributed by atoms with Crippen LogP contribution in [0.1, 0.15) is 37.7 Å². The summed E-state index contributed by atoms with van der Waals surface area (Å²) in [5.74, 6) is 1.44. The van der Waals surface area contributed by atoms with E-state index in [1.807, 2.05) is 11.6 Å². The molecule has 1 aromatic carbocycles. The molecule has 0 bridgehead atoms. The zero-order chi connectivity index (χ0) is 22.9. The number of benzene rings is 1. The molecule has 0 radical (unpaired) electrons. The number of aromatic nitrogens is 2. The van der Waals surface area contributed by atoms with Crippen molar-refractivity contribution in [2.24, 2.45) is 10.9 Å². The maximum atomic E-state index is 4.88. The molecule has 2 aromatic rings. The van der Waals surface area contributed by atoms with Crippen LogP contribution >= 0.6 is 0 Å². The first-order valence-corrected chi connectivity index (χ1v) is 12.1. The molecule has 176 valence electrons. The zero-order valence-electron chi connectivity index (χ0n) is 20.6. The highest BCUT2D eigenvalue weighted by Crippen LogP contribution is 2.17. The third kappa shape index (κ3) is 6.81. The van der Waals surface area contributed by atoms with E-state index in [9.17, 15) is 0 Å². The number of rotatable bonds is 9. The van der Waals surface area contributed by atoms with E-state index >= 15 is 0 Å². The molecule has 2 N–H and O–H groups in total. The van der Waals surface area contributed by atoms with E-state index in [1.165, 1.54) is 26.2 Å². The van der Waals surface area contributed by atoms with Gasteiger partial charge in [-0.15, -0.1) is 0 Å². The van der Waals surface area contributed by atoms with Crippen LogP contribution in [0.5, 0.6) is 0 Å². The van der Waals surface area contributed by atoms with Crippen LogP contribution in [0.15, 0.2) is 35.3 Å². The average molecular weight is 440 g/mol. The molecule has 0 spiro atoms. The van der Waals surface area contributed by atoms with Gasteiger partial charge < -0.3 is 20.4 Å². The van der Waals surface area contributed by atoms with Crippen LogP contribution < -0.4 is 10.6 Å². The monoisotopic (exact) mass is 439 g/mol. The highest BCUT2D eigenvalue weighted by atomic mass is 15.3. The second-order valence-corrected chi connectivity index (χ2v) is 8.88. The summed E-state index contributed by atoms with van der Waals surface area (Å²) < 4.78 is 2.01. The molecule has 1 atom stereocenters. The Kier molecular flexibility index (Phi) is 9.11. The first-order chi connectivity index (χ1) is 15.5. The topological polar surface area (TPSA) is 60.7 Å². The molecule has 1 unspecified atom stereocenters. The van der Waals surface area contributed by atoms with Gasteiger partial charge in [-0.05, 0) is 50.9 Å². The largest absolute Gasteiger partial charge is 0.357 e. The molecule has 3 rings (SSSR count). The van der Waals surface area contributed by atoms with Crippen molar-refractivity contribution < 1.29 is 0 Å². The third-order valence-electron chi connectivity index (χ3n) is 6.08. The molecule has 0 amide bonds. The second-order valence-electron chi connectivity index (χ2n) is 8.88. The van der Waals surface area contributed by atoms with Crippen molar-refractivity contribution in [3.63, 3.8) is 0 Å². The second kappa shape index (κ2) is 12.0. The zero-order valence-corrected chi connectivity index (χ0v) is 20.6. The average Bonchev–Trinajstić information content (AvgIpc) is 3.14. The van der Waals surface area contributed by atoms with Gasteiger partial charge in [-0.1, -0.05) is 32.0 Å². The molecule has 0 saturated carbocycles. The van der Waals surface area contributed by atoms with E-state index in [2.05, 4.69) is 83.6 Å². The number of guanidine groups is 1. The van der Waals surface area contributed by atoms with Crippen molar-refractivity contribution in [1.82, 2.24) is 30.2 Å². The van der Waals surface area contributed by atoms with Gasteiger partial charge in [-0.2, -0.15) is 5.10 Å². The number of aryl methyl sites for hydroxylation is 2. The van der Waals surface area contributed by atoms with Gasteiger partial charge in [-0.25, -0.2) is 9.67 Å². The minimum absolute atomic E-state index is 0.564. The minimum atomic E-state index is 0.564. The van der Waals surface area contributed by atoms with Crippen LogP contribution in [-0.2, 0) is 6.54 Å². The Morgan fingerprint density at radius 2 is 1.78 bits per heavy atom. The fourth-order valence-electron chi connectivity index (χ4n) is 4.29. The van der Waals surface area contributed by atoms with Crippen LogP contribution in [0.2, 0.25) is 0 Å². The van der Waals surface area contributed by atoms with Gasteiger partial charge in [0.1, 0.15) is 0 Å². The number of piperazine rings is 1. The van der Waals surface area contributed by atoms with E-state index in [4.69, 9.17) is 4.99 Å². The highest BCUT2D eigenvalue weighted by molar-refractivity contribution is 5.79. The molecule has 1 saturated heterocycles. The lowest BCUT2D eigenvalue weighted by Gasteiger charge is -2.35. The molecular weight excluding hydrogens is 398 g/mol. The minimum Gasteiger partial charge on any atom is -0.357 e. The van der Waals surface area contributed by atoms with E-state index in [-0.39, 0.29) is 0 Å². The molecule has 1 aromatic heterocycles. The van der Waals surface area contributed by atoms with Gasteiger partial charge >= 0.3 is 0 Å². The molecule has 1 aliphatic heterocycles. The van der Waals surface area contributed by atoms with E-state index in [1.54, 1.807) is 0 Å². The van der Waals surface area contributed by atoms with E-state index in [0.717, 1.165) is 54.8 Å². The van der Waals surface area contributed by atoms with Crippen LogP contribution in [0.25, 0.3) is 5.69 Å². The third-order valence-corrected chi connectivity index (χ3v) is 6.08. The molecule has 2 heterocycles. The Bertz CT molecular complexity index is 865. The highest BCUT2D eigenvalue weighted by Gasteiger charge is 2.17. The van der Waals surface area contributed by atoms with Crippen LogP contribution in [0, 0.1) is 19.8 Å². The SMILES string of the molecule is CCNC(=NCc1ccccc1-n1nc(C)cc1C)NCC(C)CN1CCN(CC)CC1. The Balaban J connectivity index is 1.58. The molecule has 0 aliphatic carbocycles. The Hall–Kier alpha value is -2.38. The van der Waals surface area contributed by atoms with Gasteiger partial charge in [-0.3, -0.25) is 0 Å². The molecule has 1 fully saturated rings. The summed E-state index contributed by atoms with van der Waals surface area (Å²) in [6.07, 6.45) is 0. The summed E-state index contributed by atoms with van der Waals surface area (Å²) in [5.41, 5.74) is 4.42. The van der Waals surface area contributed by atoms with Gasteiger partial charge in [0, 0.05) is 51.5 Å². The molecule has 1 aliphatic rings. The first-order valence-electron chi connectivity index (χ1n) is 12.1. The lowest BCUT2D eigenvalue weighted by molar-refractivity contribution is 0.124. The molecule has 32 heavy (non-hydrogen) atoms. The molecular formula is C25H41N7. The van der Waals surface area contributed by atoms with Crippen LogP contribution in [0.4, 0.5) is 0 Å². The van der Waals surface area contributed by atoms with Crippen molar-refractivity contribution in [3.8, 4) is 5.69 Å². The Labute approximate surface area is 193 Å². The fourth-order valence-corrected chi connectivity index (χ4v) is 4.29. The number of hydrogen-bond acceptors (Lipinski definition) is 4. The molecule has 7 heteroatoms. The number of nitrogens with one attached hydrogen (secondary N) is 2. The smallest absolute Gasteiger partial charge is 0.191 e. The summed E-state index contributed by atoms with van der Waals surface area (Å²) >= 11 is 0. The van der Waals surface area contributed by atoms with E-state index in [0.29, 0.717) is 12.5 Å². The Morgan fingerprint density at radius 1 is 1.06 bits per heavy atom. The number of para-hydroxylation sites is 1. The van der Waals surface area contributed by atoms with Crippen LogP contribution in [-0.4, -0.2) is 77.9 Å². The number of aliphatic imine (C=N–C) groups is 1. The predicted octanol–water partition coefficient (Wildman–Crippen LogP) is 2.82. The summed E-state index contributed by atoms with van der Waals surface area (Å²) in [6.45, 7) is 20.2. The lowest BCUT2D eigenvalue weighted by atomic mass is 10.1. The fraction of sp³-hybridized carbons (Fsp3) is 0.600. The normalized spacial score (nSPS) is 16.8. The quantitative estimate of drug-likeness (QED) is 0.465.